The highest BCUT2D eigenvalue weighted by Crippen LogP contribution is 2.45. The monoisotopic (exact) mass is 1760 g/mol. The highest BCUT2D eigenvalue weighted by atomic mass is 15.0. The molecule has 0 N–H and O–H groups in total. The summed E-state index contributed by atoms with van der Waals surface area (Å²) in [6.07, 6.45) is 0. The summed E-state index contributed by atoms with van der Waals surface area (Å²) in [6, 6.07) is 193. The van der Waals surface area contributed by atoms with Crippen molar-refractivity contribution in [3.05, 3.63) is 534 Å². The SMILES string of the molecule is c1ccc(-c2cccc(-n3c4ccccc4c4cc(-c5ccc6c(c5)c5ccccc5n6-c5cccc(-c6ccccc6)c5)ccc43)c2)cc1.c1ccc(-c2cccc(-n3c4ccccc4c4cc(-c5ccc6c(c5)c5ccccc5n6-c5ccccc5)ccc43)c2)cc1.c1ccc(-n2c3ccccc3c3cc(-c4ccc(-c5ccc6c(c5)c5ccccc5n6-c5ccccc5)cc4)ccc32)cc1. The van der Waals surface area contributed by atoms with Gasteiger partial charge in [0.2, 0.25) is 0 Å². The summed E-state index contributed by atoms with van der Waals surface area (Å²) < 4.78 is 14.3. The fourth-order valence-electron chi connectivity index (χ4n) is 21.5. The zero-order chi connectivity index (χ0) is 91.1. The van der Waals surface area contributed by atoms with Gasteiger partial charge in [0.25, 0.3) is 0 Å². The van der Waals surface area contributed by atoms with Crippen LogP contribution in [0, 0.1) is 0 Å². The number of benzene rings is 22. The molecule has 28 aromatic rings. The van der Waals surface area contributed by atoms with E-state index in [9.17, 15) is 0 Å². The minimum absolute atomic E-state index is 1.16. The molecule has 6 heteroatoms. The van der Waals surface area contributed by atoms with Gasteiger partial charge in [0.15, 0.2) is 0 Å². The molecule has 0 fully saturated rings. The summed E-state index contributed by atoms with van der Waals surface area (Å²) in [6.45, 7) is 0. The van der Waals surface area contributed by atoms with Gasteiger partial charge in [-0.3, -0.25) is 0 Å². The lowest BCUT2D eigenvalue weighted by Crippen LogP contribution is -1.94. The molecule has 0 amide bonds. The Kier molecular flexibility index (Phi) is 19.9. The maximum Gasteiger partial charge on any atom is 0.0541 e. The molecule has 0 radical (unpaired) electrons. The molecule has 6 aromatic heterocycles. The first kappa shape index (κ1) is 80.5. The van der Waals surface area contributed by atoms with Gasteiger partial charge in [-0.1, -0.05) is 352 Å². The van der Waals surface area contributed by atoms with Crippen molar-refractivity contribution in [2.45, 2.75) is 0 Å². The largest absolute Gasteiger partial charge is 0.309 e. The Hall–Kier alpha value is -18.4. The van der Waals surface area contributed by atoms with Gasteiger partial charge >= 0.3 is 0 Å². The van der Waals surface area contributed by atoms with E-state index in [1.54, 1.807) is 0 Å². The highest BCUT2D eigenvalue weighted by Gasteiger charge is 2.23. The van der Waals surface area contributed by atoms with Crippen molar-refractivity contribution < 1.29 is 0 Å². The van der Waals surface area contributed by atoms with Crippen LogP contribution in [0.25, 0.3) is 243 Å². The second-order valence-corrected chi connectivity index (χ2v) is 35.8. The number of hydrogen-bond acceptors (Lipinski definition) is 0. The van der Waals surface area contributed by atoms with E-state index in [2.05, 4.69) is 561 Å². The molecule has 6 heterocycles. The van der Waals surface area contributed by atoms with Gasteiger partial charge in [0, 0.05) is 98.8 Å². The zero-order valence-corrected chi connectivity index (χ0v) is 75.5. The van der Waals surface area contributed by atoms with Crippen LogP contribution in [-0.2, 0) is 0 Å². The lowest BCUT2D eigenvalue weighted by molar-refractivity contribution is 1.18. The van der Waals surface area contributed by atoms with Crippen molar-refractivity contribution in [3.63, 3.8) is 0 Å². The fourth-order valence-corrected chi connectivity index (χ4v) is 21.5. The van der Waals surface area contributed by atoms with Gasteiger partial charge in [-0.2, -0.15) is 0 Å². The molecule has 28 rings (SSSR count). The molecule has 0 aliphatic carbocycles. The third-order valence-corrected chi connectivity index (χ3v) is 27.9. The molecule has 0 bridgehead atoms. The van der Waals surface area contributed by atoms with Crippen molar-refractivity contribution in [1.82, 2.24) is 27.4 Å². The van der Waals surface area contributed by atoms with Gasteiger partial charge in [-0.25, -0.2) is 0 Å². The van der Waals surface area contributed by atoms with Crippen molar-refractivity contribution in [2.24, 2.45) is 0 Å². The summed E-state index contributed by atoms with van der Waals surface area (Å²) in [4.78, 5) is 0. The zero-order valence-electron chi connectivity index (χ0n) is 75.5. The molecule has 0 unspecified atom stereocenters. The summed E-state index contributed by atoms with van der Waals surface area (Å²) in [5.74, 6) is 0. The Morgan fingerprint density at radius 3 is 0.435 bits per heavy atom. The number of hydrogen-bond donors (Lipinski definition) is 0. The number of rotatable bonds is 13. The number of para-hydroxylation sites is 9. The van der Waals surface area contributed by atoms with Crippen molar-refractivity contribution in [3.8, 4) is 112 Å². The topological polar surface area (TPSA) is 29.6 Å². The molecule has 6 nitrogen and oxygen atoms in total. The predicted octanol–water partition coefficient (Wildman–Crippen LogP) is 35.3. The molecular formula is C132H88N6. The number of fused-ring (bicyclic) bond motifs is 18. The van der Waals surface area contributed by atoms with Crippen molar-refractivity contribution in [2.75, 3.05) is 0 Å². The molecule has 646 valence electrons. The van der Waals surface area contributed by atoms with E-state index in [4.69, 9.17) is 0 Å². The fraction of sp³-hybridized carbons (Fsp3) is 0. The smallest absolute Gasteiger partial charge is 0.0541 e. The van der Waals surface area contributed by atoms with Crippen molar-refractivity contribution in [1.29, 1.82) is 0 Å². The van der Waals surface area contributed by atoms with E-state index in [-0.39, 0.29) is 0 Å². The van der Waals surface area contributed by atoms with Crippen LogP contribution in [0.4, 0.5) is 0 Å². The van der Waals surface area contributed by atoms with E-state index in [0.717, 1.165) is 11.4 Å². The third-order valence-electron chi connectivity index (χ3n) is 27.9. The summed E-state index contributed by atoms with van der Waals surface area (Å²) in [7, 11) is 0. The Labute approximate surface area is 798 Å². The van der Waals surface area contributed by atoms with Gasteiger partial charge in [0.05, 0.1) is 66.2 Å². The number of nitrogens with zero attached hydrogens (tertiary/aromatic N) is 6. The van der Waals surface area contributed by atoms with Gasteiger partial charge in [-0.05, 0) is 260 Å². The second kappa shape index (κ2) is 34.0. The minimum atomic E-state index is 1.16. The molecule has 0 spiro atoms. The Morgan fingerprint density at radius 1 is 0.0797 bits per heavy atom. The molecule has 22 aromatic carbocycles. The van der Waals surface area contributed by atoms with Crippen molar-refractivity contribution >= 4 is 131 Å². The maximum absolute atomic E-state index is 2.40. The van der Waals surface area contributed by atoms with Crippen LogP contribution in [0.3, 0.4) is 0 Å². The van der Waals surface area contributed by atoms with Gasteiger partial charge in [-0.15, -0.1) is 0 Å². The van der Waals surface area contributed by atoms with Crippen LogP contribution >= 0.6 is 0 Å². The Balaban J connectivity index is 0.000000107. The molecular weight excluding hydrogens is 1670 g/mol. The highest BCUT2D eigenvalue weighted by molar-refractivity contribution is 6.17. The average Bonchev–Trinajstić information content (AvgIpc) is 1.58. The molecule has 0 aliphatic heterocycles. The average molecular weight is 1760 g/mol. The quantitative estimate of drug-likeness (QED) is 0.110. The summed E-state index contributed by atoms with van der Waals surface area (Å²) in [5.41, 5.74) is 38.7. The molecule has 0 saturated carbocycles. The normalized spacial score (nSPS) is 11.6. The van der Waals surface area contributed by atoms with Crippen LogP contribution in [0.15, 0.2) is 534 Å². The van der Waals surface area contributed by atoms with E-state index in [1.165, 1.54) is 231 Å². The van der Waals surface area contributed by atoms with E-state index in [0.29, 0.717) is 0 Å². The first-order valence-corrected chi connectivity index (χ1v) is 47.4. The van der Waals surface area contributed by atoms with Crippen LogP contribution in [0.5, 0.6) is 0 Å². The van der Waals surface area contributed by atoms with E-state index < -0.39 is 0 Å². The van der Waals surface area contributed by atoms with Crippen LogP contribution in [0.2, 0.25) is 0 Å². The molecule has 0 saturated heterocycles. The molecule has 138 heavy (non-hydrogen) atoms. The molecule has 0 aliphatic rings. The van der Waals surface area contributed by atoms with E-state index in [1.807, 2.05) is 0 Å². The van der Waals surface area contributed by atoms with Gasteiger partial charge in [0.1, 0.15) is 0 Å². The Morgan fingerprint density at radius 2 is 0.217 bits per heavy atom. The minimum Gasteiger partial charge on any atom is -0.309 e. The predicted molar refractivity (Wildman–Crippen MR) is 583 cm³/mol. The standard InChI is InChI=1S/C48H32N2.2C42H28N2/c1-3-13-33(14-4-1)35-17-11-19-39(29-35)49-45-23-9-7-21-41(45)43-31-37(25-27-47(43)49)38-26-28-48-44(32-38)42-22-8-10-24-46(42)50(48)40-20-12-18-36(30-40)34-15-5-2-6-16-34;1-3-12-29(13-4-1)30-14-11-17-34(26-30)44-40-21-10-8-19-36(40)38-28-32(23-25-42(38)44)31-22-24-41-37(27-31)35-18-7-9-20-39(35)43(41)33-15-5-2-6-16-33;1-3-11-33(12-4-1)43-39-17-9-7-15-35(39)37-27-31(23-25-41(37)43)29-19-21-30(22-20-29)32-24-26-42-38(28-32)36-16-8-10-18-40(36)44(42)34-13-5-2-6-14-34/h1-32H;2*1-28H. The maximum atomic E-state index is 2.40. The third kappa shape index (κ3) is 14.0. The van der Waals surface area contributed by atoms with E-state index >= 15 is 0 Å². The summed E-state index contributed by atoms with van der Waals surface area (Å²) in [5, 5.41) is 15.2. The first-order chi connectivity index (χ1) is 68.5. The van der Waals surface area contributed by atoms with Crippen LogP contribution in [0.1, 0.15) is 0 Å². The van der Waals surface area contributed by atoms with Crippen LogP contribution < -0.4 is 0 Å². The first-order valence-electron chi connectivity index (χ1n) is 47.4. The molecule has 0 atom stereocenters. The van der Waals surface area contributed by atoms with Gasteiger partial charge < -0.3 is 27.4 Å². The lowest BCUT2D eigenvalue weighted by Gasteiger charge is -2.11. The summed E-state index contributed by atoms with van der Waals surface area (Å²) >= 11 is 0. The van der Waals surface area contributed by atoms with Crippen LogP contribution in [-0.4, -0.2) is 27.4 Å². The Bertz CT molecular complexity index is 9170. The number of aromatic nitrogens is 6. The second-order valence-electron chi connectivity index (χ2n) is 35.8. The lowest BCUT2D eigenvalue weighted by atomic mass is 9.98.